The molecule has 4 nitrogen and oxygen atoms in total. The summed E-state index contributed by atoms with van der Waals surface area (Å²) in [6.45, 7) is 4.05. The van der Waals surface area contributed by atoms with Crippen molar-refractivity contribution in [3.8, 4) is 0 Å². The molecule has 0 spiro atoms. The molecule has 1 aromatic rings. The molecule has 98 valence electrons. The van der Waals surface area contributed by atoms with Gasteiger partial charge in [0.1, 0.15) is 11.4 Å². The number of rotatable bonds is 3. The van der Waals surface area contributed by atoms with Crippen LogP contribution in [0.3, 0.4) is 0 Å². The van der Waals surface area contributed by atoms with Gasteiger partial charge in [0, 0.05) is 12.2 Å². The van der Waals surface area contributed by atoms with E-state index in [1.54, 1.807) is 19.2 Å². The lowest BCUT2D eigenvalue weighted by Crippen LogP contribution is -2.27. The number of carboxylic acid groups (broad SMARTS) is 1. The van der Waals surface area contributed by atoms with E-state index in [9.17, 15) is 9.90 Å². The molecule has 0 aromatic carbocycles. The Labute approximate surface area is 107 Å². The van der Waals surface area contributed by atoms with E-state index in [2.05, 4.69) is 17.2 Å². The molecule has 2 rings (SSSR count). The maximum Gasteiger partial charge on any atom is 0.339 e. The number of anilines is 1. The summed E-state index contributed by atoms with van der Waals surface area (Å²) in [6, 6.07) is 2.08. The molecular weight excluding hydrogens is 228 g/mol. The van der Waals surface area contributed by atoms with Crippen molar-refractivity contribution >= 4 is 11.8 Å². The number of hydrogen-bond acceptors (Lipinski definition) is 3. The number of aromatic carboxylic acids is 1. The number of pyridine rings is 1. The molecule has 0 bridgehead atoms. The van der Waals surface area contributed by atoms with Crippen LogP contribution in [0.4, 0.5) is 5.82 Å². The Kier molecular flexibility index (Phi) is 3.84. The van der Waals surface area contributed by atoms with Gasteiger partial charge in [-0.25, -0.2) is 9.78 Å². The molecule has 4 heteroatoms. The lowest BCUT2D eigenvalue weighted by atomic mass is 9.87. The summed E-state index contributed by atoms with van der Waals surface area (Å²) in [7, 11) is 0. The standard InChI is InChI=1S/C14H20N2O2/c1-9-4-3-5-11(8-9)16-13-12(14(17)18)10(2)6-7-15-13/h6-7,9,11H,3-5,8H2,1-2H3,(H,15,16)(H,17,18). The monoisotopic (exact) mass is 248 g/mol. The van der Waals surface area contributed by atoms with Gasteiger partial charge in [-0.15, -0.1) is 0 Å². The SMILES string of the molecule is Cc1ccnc(NC2CCCC(C)C2)c1C(=O)O. The number of nitrogens with one attached hydrogen (secondary N) is 1. The van der Waals surface area contributed by atoms with Crippen molar-refractivity contribution in [1.29, 1.82) is 0 Å². The van der Waals surface area contributed by atoms with Crippen LogP contribution in [0.5, 0.6) is 0 Å². The predicted octanol–water partition coefficient (Wildman–Crippen LogP) is 3.08. The van der Waals surface area contributed by atoms with Gasteiger partial charge in [0.05, 0.1) is 0 Å². The minimum Gasteiger partial charge on any atom is -0.478 e. The highest BCUT2D eigenvalue weighted by Gasteiger charge is 2.22. The number of carbonyl (C=O) groups is 1. The van der Waals surface area contributed by atoms with Gasteiger partial charge in [-0.3, -0.25) is 0 Å². The van der Waals surface area contributed by atoms with E-state index in [0.717, 1.165) is 18.4 Å². The minimum absolute atomic E-state index is 0.302. The third kappa shape index (κ3) is 2.81. The number of nitrogens with zero attached hydrogens (tertiary/aromatic N) is 1. The van der Waals surface area contributed by atoms with E-state index in [-0.39, 0.29) is 0 Å². The van der Waals surface area contributed by atoms with E-state index in [1.165, 1.54) is 12.8 Å². The molecule has 1 saturated carbocycles. The van der Waals surface area contributed by atoms with Crippen LogP contribution in [0.25, 0.3) is 0 Å². The molecule has 2 atom stereocenters. The first-order valence-corrected chi connectivity index (χ1v) is 6.53. The van der Waals surface area contributed by atoms with Gasteiger partial charge in [-0.2, -0.15) is 0 Å². The van der Waals surface area contributed by atoms with Crippen LogP contribution in [0.2, 0.25) is 0 Å². The highest BCUT2D eigenvalue weighted by Crippen LogP contribution is 2.27. The third-order valence-electron chi connectivity index (χ3n) is 3.65. The third-order valence-corrected chi connectivity index (χ3v) is 3.65. The summed E-state index contributed by atoms with van der Waals surface area (Å²) in [5, 5.41) is 12.6. The molecule has 1 fully saturated rings. The number of aryl methyl sites for hydroxylation is 1. The van der Waals surface area contributed by atoms with Crippen molar-refractivity contribution in [3.63, 3.8) is 0 Å². The van der Waals surface area contributed by atoms with Crippen LogP contribution >= 0.6 is 0 Å². The van der Waals surface area contributed by atoms with Crippen LogP contribution in [-0.4, -0.2) is 22.1 Å². The lowest BCUT2D eigenvalue weighted by molar-refractivity contribution is 0.0696. The summed E-state index contributed by atoms with van der Waals surface area (Å²) in [6.07, 6.45) is 6.32. The summed E-state index contributed by atoms with van der Waals surface area (Å²) in [5.74, 6) is 0.308. The Morgan fingerprint density at radius 1 is 1.50 bits per heavy atom. The zero-order valence-corrected chi connectivity index (χ0v) is 10.9. The van der Waals surface area contributed by atoms with Gasteiger partial charge >= 0.3 is 5.97 Å². The molecule has 1 aromatic heterocycles. The molecule has 0 amide bonds. The Morgan fingerprint density at radius 3 is 2.94 bits per heavy atom. The van der Waals surface area contributed by atoms with E-state index in [4.69, 9.17) is 0 Å². The highest BCUT2D eigenvalue weighted by atomic mass is 16.4. The average molecular weight is 248 g/mol. The fourth-order valence-electron chi connectivity index (χ4n) is 2.70. The summed E-state index contributed by atoms with van der Waals surface area (Å²) >= 11 is 0. The van der Waals surface area contributed by atoms with Gasteiger partial charge in [-0.1, -0.05) is 19.8 Å². The van der Waals surface area contributed by atoms with Gasteiger partial charge < -0.3 is 10.4 Å². The molecule has 0 aliphatic heterocycles. The fraction of sp³-hybridized carbons (Fsp3) is 0.571. The first-order valence-electron chi connectivity index (χ1n) is 6.53. The predicted molar refractivity (Wildman–Crippen MR) is 71.0 cm³/mol. The van der Waals surface area contributed by atoms with Gasteiger partial charge in [0.2, 0.25) is 0 Å². The topological polar surface area (TPSA) is 62.2 Å². The largest absolute Gasteiger partial charge is 0.478 e. The van der Waals surface area contributed by atoms with Crippen molar-refractivity contribution in [2.45, 2.75) is 45.6 Å². The zero-order chi connectivity index (χ0) is 13.1. The Hall–Kier alpha value is -1.58. The van der Waals surface area contributed by atoms with Crippen LogP contribution in [0.1, 0.15) is 48.5 Å². The number of aromatic nitrogens is 1. The van der Waals surface area contributed by atoms with Crippen LogP contribution in [0, 0.1) is 12.8 Å². The van der Waals surface area contributed by atoms with Crippen molar-refractivity contribution < 1.29 is 9.90 Å². The van der Waals surface area contributed by atoms with Gasteiger partial charge in [0.25, 0.3) is 0 Å². The summed E-state index contributed by atoms with van der Waals surface area (Å²) < 4.78 is 0. The van der Waals surface area contributed by atoms with Crippen LogP contribution < -0.4 is 5.32 Å². The summed E-state index contributed by atoms with van der Waals surface area (Å²) in [4.78, 5) is 15.5. The lowest BCUT2D eigenvalue weighted by Gasteiger charge is -2.28. The minimum atomic E-state index is -0.910. The van der Waals surface area contributed by atoms with E-state index >= 15 is 0 Å². The van der Waals surface area contributed by atoms with E-state index in [1.807, 2.05) is 0 Å². The van der Waals surface area contributed by atoms with E-state index in [0.29, 0.717) is 23.3 Å². The fourth-order valence-corrected chi connectivity index (χ4v) is 2.70. The van der Waals surface area contributed by atoms with Crippen LogP contribution in [-0.2, 0) is 0 Å². The number of carboxylic acids is 1. The van der Waals surface area contributed by atoms with Crippen molar-refractivity contribution in [3.05, 3.63) is 23.4 Å². The van der Waals surface area contributed by atoms with E-state index < -0.39 is 5.97 Å². The highest BCUT2D eigenvalue weighted by molar-refractivity contribution is 5.94. The van der Waals surface area contributed by atoms with Crippen molar-refractivity contribution in [1.82, 2.24) is 4.98 Å². The maximum absolute atomic E-state index is 11.3. The van der Waals surface area contributed by atoms with Crippen molar-refractivity contribution in [2.75, 3.05) is 5.32 Å². The van der Waals surface area contributed by atoms with Gasteiger partial charge in [0.15, 0.2) is 0 Å². The second-order valence-corrected chi connectivity index (χ2v) is 5.27. The first kappa shape index (κ1) is 12.9. The normalized spacial score (nSPS) is 23.7. The molecule has 1 aliphatic carbocycles. The molecule has 2 N–H and O–H groups in total. The quantitative estimate of drug-likeness (QED) is 0.863. The van der Waals surface area contributed by atoms with Crippen LogP contribution in [0.15, 0.2) is 12.3 Å². The van der Waals surface area contributed by atoms with Gasteiger partial charge in [-0.05, 0) is 37.3 Å². The molecule has 18 heavy (non-hydrogen) atoms. The smallest absolute Gasteiger partial charge is 0.339 e. The molecule has 0 radical (unpaired) electrons. The molecule has 1 aliphatic rings. The van der Waals surface area contributed by atoms with Crippen molar-refractivity contribution in [2.24, 2.45) is 5.92 Å². The second-order valence-electron chi connectivity index (χ2n) is 5.27. The Bertz CT molecular complexity index is 445. The molecule has 1 heterocycles. The molecule has 0 saturated heterocycles. The number of hydrogen-bond donors (Lipinski definition) is 2. The average Bonchev–Trinajstić information content (AvgIpc) is 2.28. The maximum atomic E-state index is 11.3. The zero-order valence-electron chi connectivity index (χ0n) is 10.9. The molecule has 2 unspecified atom stereocenters. The molecular formula is C14H20N2O2. The summed E-state index contributed by atoms with van der Waals surface area (Å²) in [5.41, 5.74) is 1.06. The Morgan fingerprint density at radius 2 is 2.28 bits per heavy atom. The first-order chi connectivity index (χ1) is 8.58. The Balaban J connectivity index is 2.18. The second kappa shape index (κ2) is 5.38.